The molecule has 1 aliphatic carbocycles. The van der Waals surface area contributed by atoms with E-state index in [9.17, 15) is 4.79 Å². The summed E-state index contributed by atoms with van der Waals surface area (Å²) < 4.78 is 0. The molecule has 1 aromatic rings. The van der Waals surface area contributed by atoms with E-state index >= 15 is 0 Å². The highest BCUT2D eigenvalue weighted by molar-refractivity contribution is 5.66. The highest BCUT2D eigenvalue weighted by Crippen LogP contribution is 2.37. The molecule has 16 heavy (non-hydrogen) atoms. The first kappa shape index (κ1) is 10.7. The predicted octanol–water partition coefficient (Wildman–Crippen LogP) is 2.75. The van der Waals surface area contributed by atoms with Gasteiger partial charge in [-0.2, -0.15) is 0 Å². The van der Waals surface area contributed by atoms with E-state index in [0.717, 1.165) is 6.42 Å². The maximum atomic E-state index is 10.4. The van der Waals surface area contributed by atoms with Gasteiger partial charge in [0.2, 0.25) is 0 Å². The van der Waals surface area contributed by atoms with E-state index in [1.165, 1.54) is 11.1 Å². The van der Waals surface area contributed by atoms with Crippen molar-refractivity contribution >= 4 is 12.2 Å². The average Bonchev–Trinajstić information content (AvgIpc) is 2.97. The summed E-state index contributed by atoms with van der Waals surface area (Å²) in [6.07, 6.45) is 2.11. The molecule has 1 saturated carbocycles. The van der Waals surface area contributed by atoms with E-state index < -0.39 is 6.09 Å². The molecule has 0 radical (unpaired) electrons. The summed E-state index contributed by atoms with van der Waals surface area (Å²) in [4.78, 5) is 10.4. The predicted molar refractivity (Wildman–Crippen MR) is 63.1 cm³/mol. The van der Waals surface area contributed by atoms with Crippen molar-refractivity contribution in [2.75, 3.05) is 0 Å². The van der Waals surface area contributed by atoms with Gasteiger partial charge >= 0.3 is 6.09 Å². The number of hydrogen-bond acceptors (Lipinski definition) is 1. The van der Waals surface area contributed by atoms with Crippen molar-refractivity contribution in [2.45, 2.75) is 19.4 Å². The molecule has 0 aromatic heterocycles. The molecule has 1 aliphatic rings. The van der Waals surface area contributed by atoms with Crippen molar-refractivity contribution in [3.8, 4) is 0 Å². The molecule has 0 unspecified atom stereocenters. The van der Waals surface area contributed by atoms with Crippen LogP contribution in [0.2, 0.25) is 0 Å². The van der Waals surface area contributed by atoms with Crippen LogP contribution in [0.4, 0.5) is 4.79 Å². The molecule has 1 aromatic carbocycles. The van der Waals surface area contributed by atoms with Gasteiger partial charge in [0.25, 0.3) is 0 Å². The number of rotatable bonds is 3. The Hall–Kier alpha value is -1.77. The van der Waals surface area contributed by atoms with Crippen molar-refractivity contribution < 1.29 is 9.90 Å². The van der Waals surface area contributed by atoms with Gasteiger partial charge in [-0.15, -0.1) is 0 Å². The Balaban J connectivity index is 1.97. The number of benzene rings is 1. The molecule has 0 heterocycles. The van der Waals surface area contributed by atoms with Crippen LogP contribution in [0.25, 0.3) is 6.08 Å². The van der Waals surface area contributed by atoms with Gasteiger partial charge in [0.1, 0.15) is 0 Å². The Kier molecular flexibility index (Phi) is 2.95. The lowest BCUT2D eigenvalue weighted by Gasteiger charge is -2.01. The molecule has 84 valence electrons. The lowest BCUT2D eigenvalue weighted by atomic mass is 10.1. The zero-order chi connectivity index (χ0) is 11.5. The molecule has 0 aliphatic heterocycles. The fraction of sp³-hybridized carbons (Fsp3) is 0.308. The molecule has 1 amide bonds. The lowest BCUT2D eigenvalue weighted by molar-refractivity contribution is 0.193. The van der Waals surface area contributed by atoms with Crippen molar-refractivity contribution in [2.24, 2.45) is 5.92 Å². The van der Waals surface area contributed by atoms with Gasteiger partial charge < -0.3 is 10.4 Å². The van der Waals surface area contributed by atoms with E-state index in [4.69, 9.17) is 5.11 Å². The summed E-state index contributed by atoms with van der Waals surface area (Å²) in [5, 5.41) is 11.1. The minimum atomic E-state index is -0.931. The van der Waals surface area contributed by atoms with Crippen LogP contribution in [-0.4, -0.2) is 17.2 Å². The van der Waals surface area contributed by atoms with Crippen molar-refractivity contribution in [3.63, 3.8) is 0 Å². The molecule has 2 atom stereocenters. The number of carboxylic acid groups (broad SMARTS) is 1. The maximum Gasteiger partial charge on any atom is 0.404 e. The van der Waals surface area contributed by atoms with E-state index in [0.29, 0.717) is 5.92 Å². The van der Waals surface area contributed by atoms with Gasteiger partial charge in [-0.1, -0.05) is 42.0 Å². The van der Waals surface area contributed by atoms with E-state index in [2.05, 4.69) is 18.3 Å². The van der Waals surface area contributed by atoms with Gasteiger partial charge in [-0.25, -0.2) is 4.79 Å². The van der Waals surface area contributed by atoms with Gasteiger partial charge in [0, 0.05) is 12.0 Å². The smallest absolute Gasteiger partial charge is 0.404 e. The van der Waals surface area contributed by atoms with Crippen LogP contribution in [0.5, 0.6) is 0 Å². The SMILES string of the molecule is C/C(=C\c1ccccc1)[C@H]1C[C@@H]1NC(=O)O. The molecule has 1 fully saturated rings. The average molecular weight is 217 g/mol. The van der Waals surface area contributed by atoms with Gasteiger partial charge in [-0.05, 0) is 18.9 Å². The van der Waals surface area contributed by atoms with Crippen LogP contribution < -0.4 is 5.32 Å². The Morgan fingerprint density at radius 3 is 2.75 bits per heavy atom. The van der Waals surface area contributed by atoms with Crippen molar-refractivity contribution in [1.82, 2.24) is 5.32 Å². The summed E-state index contributed by atoms with van der Waals surface area (Å²) in [6, 6.07) is 10.2. The van der Waals surface area contributed by atoms with E-state index in [1.54, 1.807) is 0 Å². The quantitative estimate of drug-likeness (QED) is 0.817. The second kappa shape index (κ2) is 4.39. The van der Waals surface area contributed by atoms with Gasteiger partial charge in [0.15, 0.2) is 0 Å². The van der Waals surface area contributed by atoms with Gasteiger partial charge in [0.05, 0.1) is 0 Å². The standard InChI is InChI=1S/C13H15NO2/c1-9(7-10-5-3-2-4-6-10)11-8-12(11)14-13(15)16/h2-7,11-12,14H,8H2,1H3,(H,15,16)/b9-7+/t11-,12+/m1/s1. The third kappa shape index (κ3) is 2.63. The third-order valence-electron chi connectivity index (χ3n) is 2.88. The second-order valence-corrected chi connectivity index (χ2v) is 4.20. The third-order valence-corrected chi connectivity index (χ3v) is 2.88. The van der Waals surface area contributed by atoms with Crippen LogP contribution in [0.3, 0.4) is 0 Å². The van der Waals surface area contributed by atoms with Crippen LogP contribution in [0.15, 0.2) is 35.9 Å². The summed E-state index contributed by atoms with van der Waals surface area (Å²) in [7, 11) is 0. The van der Waals surface area contributed by atoms with Gasteiger partial charge in [-0.3, -0.25) is 0 Å². The minimum Gasteiger partial charge on any atom is -0.465 e. The largest absolute Gasteiger partial charge is 0.465 e. The summed E-state index contributed by atoms with van der Waals surface area (Å²) >= 11 is 0. The molecular weight excluding hydrogens is 202 g/mol. The molecule has 3 nitrogen and oxygen atoms in total. The van der Waals surface area contributed by atoms with Crippen LogP contribution in [0.1, 0.15) is 18.9 Å². The maximum absolute atomic E-state index is 10.4. The monoisotopic (exact) mass is 217 g/mol. The summed E-state index contributed by atoms with van der Waals surface area (Å²) in [6.45, 7) is 2.06. The second-order valence-electron chi connectivity index (χ2n) is 4.20. The first-order valence-corrected chi connectivity index (χ1v) is 5.39. The molecule has 2 N–H and O–H groups in total. The zero-order valence-electron chi connectivity index (χ0n) is 9.18. The van der Waals surface area contributed by atoms with Crippen molar-refractivity contribution in [1.29, 1.82) is 0 Å². The summed E-state index contributed by atoms with van der Waals surface area (Å²) in [5.41, 5.74) is 2.41. The number of amides is 1. The highest BCUT2D eigenvalue weighted by Gasteiger charge is 2.39. The molecule has 3 heteroatoms. The lowest BCUT2D eigenvalue weighted by Crippen LogP contribution is -2.24. The van der Waals surface area contributed by atoms with Crippen LogP contribution in [0, 0.1) is 5.92 Å². The molecule has 0 spiro atoms. The van der Waals surface area contributed by atoms with E-state index in [1.807, 2.05) is 30.3 Å². The topological polar surface area (TPSA) is 49.3 Å². The fourth-order valence-corrected chi connectivity index (χ4v) is 1.94. The highest BCUT2D eigenvalue weighted by atomic mass is 16.4. The molecule has 0 bridgehead atoms. The number of hydrogen-bond donors (Lipinski definition) is 2. The zero-order valence-corrected chi connectivity index (χ0v) is 9.18. The van der Waals surface area contributed by atoms with Crippen LogP contribution >= 0.6 is 0 Å². The fourth-order valence-electron chi connectivity index (χ4n) is 1.94. The molecular formula is C13H15NO2. The van der Waals surface area contributed by atoms with Crippen LogP contribution in [-0.2, 0) is 0 Å². The first-order chi connectivity index (χ1) is 7.66. The first-order valence-electron chi connectivity index (χ1n) is 5.39. The minimum absolute atomic E-state index is 0.109. The number of carbonyl (C=O) groups is 1. The van der Waals surface area contributed by atoms with Crippen molar-refractivity contribution in [3.05, 3.63) is 41.5 Å². The Bertz CT molecular complexity index is 411. The Morgan fingerprint density at radius 1 is 1.44 bits per heavy atom. The normalized spacial score (nSPS) is 23.9. The van der Waals surface area contributed by atoms with E-state index in [-0.39, 0.29) is 6.04 Å². The number of nitrogens with one attached hydrogen (secondary N) is 1. The Labute approximate surface area is 94.8 Å². The molecule has 2 rings (SSSR count). The molecule has 0 saturated heterocycles. The summed E-state index contributed by atoms with van der Waals surface area (Å²) in [5.74, 6) is 0.372. The Morgan fingerprint density at radius 2 is 2.12 bits per heavy atom.